The monoisotopic (exact) mass is 806 g/mol. The minimum atomic E-state index is -0.513. The highest BCUT2D eigenvalue weighted by molar-refractivity contribution is 5.87. The molecular weight excluding hydrogens is 756 g/mol. The van der Waals surface area contributed by atoms with Crippen molar-refractivity contribution in [1.29, 1.82) is 0 Å². The van der Waals surface area contributed by atoms with Gasteiger partial charge in [0.05, 0.1) is 58.9 Å². The molecule has 0 spiro atoms. The molecule has 0 bridgehead atoms. The average Bonchev–Trinajstić information content (AvgIpc) is 4.16. The van der Waals surface area contributed by atoms with Crippen LogP contribution in [-0.2, 0) is 76.3 Å². The first-order valence-corrected chi connectivity index (χ1v) is 16.4. The van der Waals surface area contributed by atoms with Gasteiger partial charge in [0.2, 0.25) is 24.3 Å². The summed E-state index contributed by atoms with van der Waals surface area (Å²) < 4.78 is 37.6. The maximum Gasteiger partial charge on any atom is 0.333 e. The van der Waals surface area contributed by atoms with Gasteiger partial charge in [0.25, 0.3) is 0 Å². The van der Waals surface area contributed by atoms with E-state index in [-0.39, 0.29) is 50.4 Å². The Morgan fingerprint density at radius 1 is 0.614 bits per heavy atom. The van der Waals surface area contributed by atoms with Crippen molar-refractivity contribution in [1.82, 2.24) is 0 Å². The van der Waals surface area contributed by atoms with E-state index in [9.17, 15) is 38.4 Å². The van der Waals surface area contributed by atoms with E-state index < -0.39 is 11.9 Å². The number of rotatable bonds is 23. The van der Waals surface area contributed by atoms with Crippen LogP contribution in [0.25, 0.3) is 0 Å². The van der Waals surface area contributed by atoms with Crippen LogP contribution >= 0.6 is 0 Å². The molecule has 0 aliphatic carbocycles. The highest BCUT2D eigenvalue weighted by Crippen LogP contribution is 2.09. The first kappa shape index (κ1) is 57.2. The molecule has 0 aromatic rings. The molecule has 20 nitrogen and oxygen atoms in total. The Balaban J connectivity index is -0.000000296. The smallest absolute Gasteiger partial charge is 0.333 e. The van der Waals surface area contributed by atoms with Crippen molar-refractivity contribution < 1.29 is 76.3 Å². The van der Waals surface area contributed by atoms with E-state index in [4.69, 9.17) is 18.9 Å². The topological polar surface area (TPSA) is 266 Å². The lowest BCUT2D eigenvalue weighted by Gasteiger charge is -1.99. The molecule has 0 saturated carbocycles. The molecule has 2 heterocycles. The molecule has 57 heavy (non-hydrogen) atoms. The second kappa shape index (κ2) is 45.7. The summed E-state index contributed by atoms with van der Waals surface area (Å²) in [6.45, 7) is 27.9. The zero-order chi connectivity index (χ0) is 44.0. The van der Waals surface area contributed by atoms with Gasteiger partial charge in [0, 0.05) is 23.3 Å². The molecule has 2 atom stereocenters. The fourth-order valence-corrected chi connectivity index (χ4v) is 2.05. The van der Waals surface area contributed by atoms with Crippen molar-refractivity contribution in [2.24, 2.45) is 20.0 Å². The van der Waals surface area contributed by atoms with Crippen LogP contribution < -0.4 is 0 Å². The molecular formula is C37H50N4O16. The third-order valence-electron chi connectivity index (χ3n) is 4.81. The zero-order valence-electron chi connectivity index (χ0n) is 32.2. The predicted octanol–water partition coefficient (Wildman–Crippen LogP) is 2.12. The SMILES string of the molecule is C=C(C)C(=O)OCC1CO1.C=C(C)C(=O)OCCN=C=O.C=CC(=O)OCC1CO1.C=CC(=O)OCCN=C=O.C=CCOCCN=C=O.C=COCCN=C=O. The third-order valence-corrected chi connectivity index (χ3v) is 4.81. The largest absolute Gasteiger partial charge is 0.500 e. The van der Waals surface area contributed by atoms with E-state index in [0.29, 0.717) is 70.5 Å². The van der Waals surface area contributed by atoms with Crippen LogP contribution in [0.1, 0.15) is 13.8 Å². The molecule has 0 aromatic carbocycles. The van der Waals surface area contributed by atoms with Crippen molar-refractivity contribution in [3.8, 4) is 0 Å². The van der Waals surface area contributed by atoms with E-state index >= 15 is 0 Å². The van der Waals surface area contributed by atoms with Gasteiger partial charge in [-0.2, -0.15) is 0 Å². The van der Waals surface area contributed by atoms with Crippen LogP contribution in [0.15, 0.2) is 95.1 Å². The van der Waals surface area contributed by atoms with Crippen molar-refractivity contribution in [3.05, 3.63) is 75.1 Å². The van der Waals surface area contributed by atoms with Gasteiger partial charge in [-0.15, -0.1) is 6.58 Å². The van der Waals surface area contributed by atoms with Crippen LogP contribution in [0, 0.1) is 0 Å². The number of epoxide rings is 2. The lowest BCUT2D eigenvalue weighted by molar-refractivity contribution is -0.140. The van der Waals surface area contributed by atoms with E-state index in [1.165, 1.54) is 30.6 Å². The second-order valence-electron chi connectivity index (χ2n) is 9.70. The lowest BCUT2D eigenvalue weighted by Crippen LogP contribution is -2.09. The minimum absolute atomic E-state index is 0.0973. The standard InChI is InChI=1S/C7H9NO3.C7H10O3.C6H7NO3.C6H9NO2.C6H8O3.C5H7NO2/c1-6(2)7(10)11-4-3-8-5-9;1-5(2)7(8)10-4-6-3-9-6;1-2-6(9)10-4-3-7-5-8;1-2-4-9-5-3-7-6-8;1-2-6(7)9-4-5-3-8-5;1-2-8-4-3-6-5-7/h1,3-4H2,2H3;6H,1,3-4H2,2H3;2H,1,3-4H2;2H,1,3-5H2;2,5H,1,3-4H2;2H,1,3-4H2. The van der Waals surface area contributed by atoms with Crippen molar-refractivity contribution in [2.45, 2.75) is 26.1 Å². The van der Waals surface area contributed by atoms with Gasteiger partial charge in [-0.1, -0.05) is 39.0 Å². The number of carbonyl (C=O) groups excluding carboxylic acids is 8. The fourth-order valence-electron chi connectivity index (χ4n) is 2.05. The summed E-state index contributed by atoms with van der Waals surface area (Å²) in [5.74, 6) is -1.70. The third kappa shape index (κ3) is 56.4. The zero-order valence-corrected chi connectivity index (χ0v) is 32.2. The predicted molar refractivity (Wildman–Crippen MR) is 202 cm³/mol. The van der Waals surface area contributed by atoms with Gasteiger partial charge in [0.15, 0.2) is 0 Å². The van der Waals surface area contributed by atoms with E-state index in [1.807, 2.05) is 0 Å². The number of aliphatic imine (C=N–C) groups is 4. The highest BCUT2D eigenvalue weighted by Gasteiger charge is 2.24. The van der Waals surface area contributed by atoms with Crippen molar-refractivity contribution in [2.75, 3.05) is 85.6 Å². The summed E-state index contributed by atoms with van der Waals surface area (Å²) in [4.78, 5) is 92.7. The second-order valence-corrected chi connectivity index (χ2v) is 9.70. The number of esters is 4. The molecule has 314 valence electrons. The number of isocyanates is 4. The number of nitrogens with zero attached hydrogens (tertiary/aromatic N) is 4. The van der Waals surface area contributed by atoms with E-state index in [1.54, 1.807) is 19.9 Å². The van der Waals surface area contributed by atoms with Crippen LogP contribution in [0.3, 0.4) is 0 Å². The van der Waals surface area contributed by atoms with Crippen molar-refractivity contribution >= 4 is 48.2 Å². The molecule has 2 aliphatic rings. The summed E-state index contributed by atoms with van der Waals surface area (Å²) in [5, 5.41) is 0. The average molecular weight is 807 g/mol. The van der Waals surface area contributed by atoms with Gasteiger partial charge in [0.1, 0.15) is 45.2 Å². The Bertz CT molecular complexity index is 1430. The van der Waals surface area contributed by atoms with Gasteiger partial charge < -0.3 is 37.9 Å². The summed E-state index contributed by atoms with van der Waals surface area (Å²) in [5.41, 5.74) is 0.765. The molecule has 0 aromatic heterocycles. The molecule has 2 saturated heterocycles. The van der Waals surface area contributed by atoms with Crippen LogP contribution in [-0.4, -0.2) is 146 Å². The molecule has 20 heteroatoms. The molecule has 2 aliphatic heterocycles. The van der Waals surface area contributed by atoms with Gasteiger partial charge in [-0.25, -0.2) is 58.3 Å². The summed E-state index contributed by atoms with van der Waals surface area (Å²) >= 11 is 0. The molecule has 0 radical (unpaired) electrons. The Labute approximate surface area is 331 Å². The first-order valence-electron chi connectivity index (χ1n) is 16.4. The molecule has 2 rings (SSSR count). The Kier molecular flexibility index (Phi) is 45.9. The van der Waals surface area contributed by atoms with Gasteiger partial charge in [-0.05, 0) is 13.8 Å². The number of hydrogen-bond acceptors (Lipinski definition) is 20. The summed E-state index contributed by atoms with van der Waals surface area (Å²) in [6, 6.07) is 0. The van der Waals surface area contributed by atoms with Crippen LogP contribution in [0.4, 0.5) is 0 Å². The molecule has 0 amide bonds. The Morgan fingerprint density at radius 3 is 1.39 bits per heavy atom. The summed E-state index contributed by atoms with van der Waals surface area (Å²) in [7, 11) is 0. The number of carbonyl (C=O) groups is 4. The summed E-state index contributed by atoms with van der Waals surface area (Å²) in [6.07, 6.45) is 10.9. The normalized spacial score (nSPS) is 12.6. The van der Waals surface area contributed by atoms with Gasteiger partial charge in [-0.3, -0.25) is 0 Å². The maximum absolute atomic E-state index is 10.7. The molecule has 2 fully saturated rings. The van der Waals surface area contributed by atoms with Crippen LogP contribution in [0.2, 0.25) is 0 Å². The van der Waals surface area contributed by atoms with E-state index in [0.717, 1.165) is 12.2 Å². The van der Waals surface area contributed by atoms with Gasteiger partial charge >= 0.3 is 23.9 Å². The van der Waals surface area contributed by atoms with Crippen LogP contribution in [0.5, 0.6) is 0 Å². The molecule has 0 N–H and O–H groups in total. The Hall–Kier alpha value is -6.48. The quantitative estimate of drug-likeness (QED) is 0.0165. The minimum Gasteiger partial charge on any atom is -0.500 e. The highest BCUT2D eigenvalue weighted by atomic mass is 16.6. The maximum atomic E-state index is 10.7. The first-order chi connectivity index (χ1) is 27.3. The number of ether oxygens (including phenoxy) is 8. The Morgan fingerprint density at radius 2 is 1.00 bits per heavy atom. The van der Waals surface area contributed by atoms with E-state index in [2.05, 4.69) is 78.4 Å². The molecule has 2 unspecified atom stereocenters. The lowest BCUT2D eigenvalue weighted by atomic mass is 10.4. The fraction of sp³-hybridized carbons (Fsp3) is 0.459. The van der Waals surface area contributed by atoms with Crippen molar-refractivity contribution in [3.63, 3.8) is 0 Å². The number of hydrogen-bond donors (Lipinski definition) is 0.